The van der Waals surface area contributed by atoms with Crippen LogP contribution < -0.4 is 5.32 Å². The van der Waals surface area contributed by atoms with Crippen molar-refractivity contribution in [1.29, 1.82) is 0 Å². The molecule has 1 saturated heterocycles. The number of aromatic nitrogens is 2. The number of carbonyl (C=O) groups is 2. The van der Waals surface area contributed by atoms with E-state index in [1.165, 1.54) is 17.3 Å². The van der Waals surface area contributed by atoms with Crippen LogP contribution in [0.4, 0.5) is 5.82 Å². The van der Waals surface area contributed by atoms with E-state index >= 15 is 0 Å². The number of anilines is 1. The first-order valence-electron chi connectivity index (χ1n) is 11.5. The molecule has 2 amide bonds. The van der Waals surface area contributed by atoms with Crippen molar-refractivity contribution in [2.24, 2.45) is 11.8 Å². The Morgan fingerprint density at radius 3 is 2.65 bits per heavy atom. The van der Waals surface area contributed by atoms with Gasteiger partial charge in [-0.2, -0.15) is 0 Å². The first kappa shape index (κ1) is 21.8. The molecular weight excluding hydrogens is 424 g/mol. The van der Waals surface area contributed by atoms with Gasteiger partial charge in [-0.05, 0) is 72.2 Å². The molecule has 5 rings (SSSR count). The van der Waals surface area contributed by atoms with E-state index in [-0.39, 0.29) is 11.8 Å². The molecule has 1 aliphatic heterocycles. The molecule has 0 spiro atoms. The van der Waals surface area contributed by atoms with Crippen LogP contribution in [-0.2, 0) is 4.79 Å². The molecule has 3 aromatic rings. The minimum Gasteiger partial charge on any atom is -0.338 e. The molecule has 2 atom stereocenters. The molecule has 0 saturated carbocycles. The van der Waals surface area contributed by atoms with Gasteiger partial charge in [-0.1, -0.05) is 36.4 Å². The van der Waals surface area contributed by atoms with Gasteiger partial charge < -0.3 is 10.2 Å². The third kappa shape index (κ3) is 4.66. The Hall–Kier alpha value is -4.06. The Bertz CT molecular complexity index is 1270. The Morgan fingerprint density at radius 1 is 1.06 bits per heavy atom. The van der Waals surface area contributed by atoms with Crippen molar-refractivity contribution in [3.05, 3.63) is 102 Å². The smallest absolute Gasteiger partial charge is 0.258 e. The Balaban J connectivity index is 1.19. The van der Waals surface area contributed by atoms with Crippen molar-refractivity contribution < 1.29 is 9.59 Å². The van der Waals surface area contributed by atoms with Crippen LogP contribution in [0.25, 0.3) is 11.6 Å². The topological polar surface area (TPSA) is 75.2 Å². The minimum atomic E-state index is -0.262. The Morgan fingerprint density at radius 2 is 1.91 bits per heavy atom. The van der Waals surface area contributed by atoms with Gasteiger partial charge in [0.1, 0.15) is 5.82 Å². The van der Waals surface area contributed by atoms with Crippen molar-refractivity contribution >= 4 is 29.3 Å². The SMILES string of the molecule is Cc1nc(NC(=O)c2cccnc2)ccc1/C=C/C(=O)N1CC2C=C(c3ccccc3)CC2C1. The summed E-state index contributed by atoms with van der Waals surface area (Å²) in [6, 6.07) is 17.5. The second-order valence-corrected chi connectivity index (χ2v) is 8.83. The van der Waals surface area contributed by atoms with Gasteiger partial charge in [-0.25, -0.2) is 4.98 Å². The van der Waals surface area contributed by atoms with Crippen LogP contribution in [0.5, 0.6) is 0 Å². The van der Waals surface area contributed by atoms with Gasteiger partial charge in [0.25, 0.3) is 5.91 Å². The van der Waals surface area contributed by atoms with E-state index in [9.17, 15) is 9.59 Å². The average Bonchev–Trinajstić information content (AvgIpc) is 3.44. The lowest BCUT2D eigenvalue weighted by atomic mass is 9.98. The molecule has 2 aliphatic rings. The molecule has 1 aliphatic carbocycles. The molecular formula is C28H26N4O2. The zero-order valence-electron chi connectivity index (χ0n) is 19.0. The van der Waals surface area contributed by atoms with E-state index in [0.29, 0.717) is 23.2 Å². The number of nitrogens with zero attached hydrogens (tertiary/aromatic N) is 3. The first-order valence-corrected chi connectivity index (χ1v) is 11.5. The molecule has 2 aromatic heterocycles. The molecule has 1 N–H and O–H groups in total. The highest BCUT2D eigenvalue weighted by Crippen LogP contribution is 2.40. The second-order valence-electron chi connectivity index (χ2n) is 8.83. The molecule has 1 aromatic carbocycles. The molecule has 170 valence electrons. The monoisotopic (exact) mass is 450 g/mol. The van der Waals surface area contributed by atoms with Crippen molar-refractivity contribution in [1.82, 2.24) is 14.9 Å². The van der Waals surface area contributed by atoms with Crippen LogP contribution in [0.1, 0.15) is 33.6 Å². The third-order valence-corrected chi connectivity index (χ3v) is 6.54. The average molecular weight is 451 g/mol. The number of likely N-dealkylation sites (tertiary alicyclic amines) is 1. The summed E-state index contributed by atoms with van der Waals surface area (Å²) in [5, 5.41) is 2.78. The van der Waals surface area contributed by atoms with Crippen molar-refractivity contribution in [2.45, 2.75) is 13.3 Å². The number of rotatable bonds is 5. The van der Waals surface area contributed by atoms with Crippen molar-refractivity contribution in [3.63, 3.8) is 0 Å². The number of hydrogen-bond donors (Lipinski definition) is 1. The van der Waals surface area contributed by atoms with Crippen molar-refractivity contribution in [3.8, 4) is 0 Å². The predicted octanol–water partition coefficient (Wildman–Crippen LogP) is 4.61. The number of allylic oxidation sites excluding steroid dienone is 1. The van der Waals surface area contributed by atoms with E-state index in [1.54, 1.807) is 36.5 Å². The summed E-state index contributed by atoms with van der Waals surface area (Å²) in [4.78, 5) is 35.5. The van der Waals surface area contributed by atoms with E-state index in [2.05, 4.69) is 45.6 Å². The van der Waals surface area contributed by atoms with Gasteiger partial charge in [-0.15, -0.1) is 0 Å². The summed E-state index contributed by atoms with van der Waals surface area (Å²) in [7, 11) is 0. The zero-order chi connectivity index (χ0) is 23.5. The number of aryl methyl sites for hydroxylation is 1. The molecule has 3 heterocycles. The number of carbonyl (C=O) groups excluding carboxylic acids is 2. The van der Waals surface area contributed by atoms with E-state index in [4.69, 9.17) is 0 Å². The number of pyridine rings is 2. The van der Waals surface area contributed by atoms with Crippen LogP contribution in [0, 0.1) is 18.8 Å². The molecule has 1 fully saturated rings. The fourth-order valence-electron chi connectivity index (χ4n) is 4.73. The second kappa shape index (κ2) is 9.43. The van der Waals surface area contributed by atoms with Gasteiger partial charge >= 0.3 is 0 Å². The van der Waals surface area contributed by atoms with Crippen molar-refractivity contribution in [2.75, 3.05) is 18.4 Å². The molecule has 6 heteroatoms. The highest BCUT2D eigenvalue weighted by molar-refractivity contribution is 6.03. The maximum absolute atomic E-state index is 12.8. The lowest BCUT2D eigenvalue weighted by Gasteiger charge is -2.15. The predicted molar refractivity (Wildman–Crippen MR) is 133 cm³/mol. The van der Waals surface area contributed by atoms with Crippen LogP contribution in [0.3, 0.4) is 0 Å². The number of benzene rings is 1. The summed E-state index contributed by atoms with van der Waals surface area (Å²) in [5.74, 6) is 1.15. The standard InChI is InChI=1S/C28H26N4O2/c1-19-20(9-11-26(30-19)31-28(34)22-8-5-13-29-16-22)10-12-27(33)32-17-24-14-23(15-25(24)18-32)21-6-3-2-4-7-21/h2-14,16,24-25H,15,17-18H2,1H3,(H,30,31,34)/b12-10+. The molecule has 6 nitrogen and oxygen atoms in total. The maximum Gasteiger partial charge on any atom is 0.258 e. The normalized spacial score (nSPS) is 19.2. The van der Waals surface area contributed by atoms with E-state index in [0.717, 1.165) is 30.8 Å². The highest BCUT2D eigenvalue weighted by atomic mass is 16.2. The zero-order valence-corrected chi connectivity index (χ0v) is 19.0. The molecule has 2 unspecified atom stereocenters. The summed E-state index contributed by atoms with van der Waals surface area (Å²) in [6.07, 6.45) is 9.93. The van der Waals surface area contributed by atoms with Gasteiger partial charge in [0, 0.05) is 37.3 Å². The molecule has 0 radical (unpaired) electrons. The third-order valence-electron chi connectivity index (χ3n) is 6.54. The lowest BCUT2D eigenvalue weighted by Crippen LogP contribution is -2.27. The summed E-state index contributed by atoms with van der Waals surface area (Å²) in [5.41, 5.74) is 4.74. The fraction of sp³-hybridized carbons (Fsp3) is 0.214. The fourth-order valence-corrected chi connectivity index (χ4v) is 4.73. The number of hydrogen-bond acceptors (Lipinski definition) is 4. The lowest BCUT2D eigenvalue weighted by molar-refractivity contribution is -0.125. The van der Waals surface area contributed by atoms with Gasteiger partial charge in [0.05, 0.1) is 5.56 Å². The summed E-state index contributed by atoms with van der Waals surface area (Å²) < 4.78 is 0. The minimum absolute atomic E-state index is 0.0254. The van der Waals surface area contributed by atoms with E-state index < -0.39 is 0 Å². The quantitative estimate of drug-likeness (QED) is 0.576. The number of fused-ring (bicyclic) bond motifs is 1. The Kier molecular flexibility index (Phi) is 6.04. The largest absolute Gasteiger partial charge is 0.338 e. The van der Waals surface area contributed by atoms with Crippen LogP contribution >= 0.6 is 0 Å². The van der Waals surface area contributed by atoms with Crippen LogP contribution in [0.2, 0.25) is 0 Å². The van der Waals surface area contributed by atoms with Gasteiger partial charge in [0.2, 0.25) is 5.91 Å². The summed E-state index contributed by atoms with van der Waals surface area (Å²) in [6.45, 7) is 3.41. The van der Waals surface area contributed by atoms with Gasteiger partial charge in [0.15, 0.2) is 0 Å². The van der Waals surface area contributed by atoms with Gasteiger partial charge in [-0.3, -0.25) is 14.6 Å². The summed E-state index contributed by atoms with van der Waals surface area (Å²) >= 11 is 0. The number of amides is 2. The Labute approximate surface area is 199 Å². The molecule has 34 heavy (non-hydrogen) atoms. The molecule has 0 bridgehead atoms. The first-order chi connectivity index (χ1) is 16.6. The van der Waals surface area contributed by atoms with Crippen LogP contribution in [-0.4, -0.2) is 39.8 Å². The van der Waals surface area contributed by atoms with Crippen LogP contribution in [0.15, 0.2) is 79.1 Å². The maximum atomic E-state index is 12.8. The number of nitrogens with one attached hydrogen (secondary N) is 1. The highest BCUT2D eigenvalue weighted by Gasteiger charge is 2.37. The van der Waals surface area contributed by atoms with E-state index in [1.807, 2.05) is 24.0 Å².